The van der Waals surface area contributed by atoms with Gasteiger partial charge in [0.25, 0.3) is 5.91 Å². The van der Waals surface area contributed by atoms with Crippen molar-refractivity contribution in [1.29, 1.82) is 0 Å². The number of carbonyl (C=O) groups is 2. The Bertz CT molecular complexity index is 1440. The van der Waals surface area contributed by atoms with Gasteiger partial charge in [0.1, 0.15) is 5.58 Å². The molecule has 0 aliphatic rings. The van der Waals surface area contributed by atoms with Gasteiger partial charge in [-0.3, -0.25) is 14.5 Å². The minimum Gasteiger partial charge on any atom is -0.452 e. The minimum atomic E-state index is -3.12. The summed E-state index contributed by atoms with van der Waals surface area (Å²) in [7, 11) is 0. The minimum absolute atomic E-state index is 0.0198. The highest BCUT2D eigenvalue weighted by Gasteiger charge is 2.25. The Labute approximate surface area is 212 Å². The molecule has 2 aromatic heterocycles. The van der Waals surface area contributed by atoms with Gasteiger partial charge in [0.2, 0.25) is 5.91 Å². The average Bonchev–Trinajstić information content (AvgIpc) is 3.19. The number of ether oxygens (including phenoxy) is 1. The first-order valence-electron chi connectivity index (χ1n) is 10.1. The lowest BCUT2D eigenvalue weighted by atomic mass is 10.0. The molecule has 0 fully saturated rings. The summed E-state index contributed by atoms with van der Waals surface area (Å²) in [4.78, 5) is 31.1. The molecule has 0 spiro atoms. The van der Waals surface area contributed by atoms with Crippen molar-refractivity contribution in [2.45, 2.75) is 13.0 Å². The van der Waals surface area contributed by atoms with Crippen LogP contribution in [0.25, 0.3) is 21.9 Å². The van der Waals surface area contributed by atoms with E-state index in [-0.39, 0.29) is 56.7 Å². The first-order valence-corrected chi connectivity index (χ1v) is 11.4. The van der Waals surface area contributed by atoms with Crippen molar-refractivity contribution in [3.8, 4) is 5.75 Å². The van der Waals surface area contributed by atoms with Crippen LogP contribution >= 0.6 is 34.8 Å². The van der Waals surface area contributed by atoms with Crippen molar-refractivity contribution >= 4 is 74.4 Å². The molecule has 0 saturated heterocycles. The second-order valence-corrected chi connectivity index (χ2v) is 8.55. The standard InChI is InChI=1S/C23H16Cl3F2N3O4/c24-6-1-7-31(21-15(26)9-12(25)10-30-21)22(33)11-2-4-16-14(8-11)18-13(20(29)32)3-5-17(19(18)34-16)35-23(27)28/h2-5,8-10,23H,1,6-7H2,(H2,29,32). The lowest BCUT2D eigenvalue weighted by molar-refractivity contribution is -0.0493. The maximum Gasteiger partial charge on any atom is 0.387 e. The van der Waals surface area contributed by atoms with E-state index in [9.17, 15) is 18.4 Å². The molecule has 0 bridgehead atoms. The number of rotatable bonds is 8. The number of anilines is 1. The van der Waals surface area contributed by atoms with E-state index in [4.69, 9.17) is 45.0 Å². The number of fused-ring (bicyclic) bond motifs is 3. The molecular formula is C23H16Cl3F2N3O4. The second-order valence-electron chi connectivity index (χ2n) is 7.33. The highest BCUT2D eigenvalue weighted by atomic mass is 35.5. The fraction of sp³-hybridized carbons (Fsp3) is 0.174. The lowest BCUT2D eigenvalue weighted by Gasteiger charge is -2.22. The summed E-state index contributed by atoms with van der Waals surface area (Å²) in [6.45, 7) is -2.91. The predicted octanol–water partition coefficient (Wildman–Crippen LogP) is 6.26. The average molecular weight is 543 g/mol. The first-order chi connectivity index (χ1) is 16.7. The zero-order valence-electron chi connectivity index (χ0n) is 17.7. The van der Waals surface area contributed by atoms with Gasteiger partial charge in [-0.1, -0.05) is 23.2 Å². The van der Waals surface area contributed by atoms with E-state index < -0.39 is 18.4 Å². The predicted molar refractivity (Wildman–Crippen MR) is 130 cm³/mol. The Balaban J connectivity index is 1.87. The van der Waals surface area contributed by atoms with Crippen LogP contribution < -0.4 is 15.4 Å². The van der Waals surface area contributed by atoms with Gasteiger partial charge in [0, 0.05) is 35.0 Å². The van der Waals surface area contributed by atoms with E-state index in [1.807, 2.05) is 0 Å². The van der Waals surface area contributed by atoms with Gasteiger partial charge < -0.3 is 14.9 Å². The van der Waals surface area contributed by atoms with Crippen LogP contribution in [0.5, 0.6) is 5.75 Å². The molecule has 2 aromatic carbocycles. The normalized spacial score (nSPS) is 11.4. The zero-order valence-corrected chi connectivity index (χ0v) is 20.0. The van der Waals surface area contributed by atoms with Crippen LogP contribution in [-0.4, -0.2) is 35.8 Å². The molecule has 0 saturated carbocycles. The molecule has 0 radical (unpaired) electrons. The number of furan rings is 1. The van der Waals surface area contributed by atoms with E-state index >= 15 is 0 Å². The lowest BCUT2D eigenvalue weighted by Crippen LogP contribution is -2.33. The number of alkyl halides is 3. The Kier molecular flexibility index (Phi) is 7.30. The van der Waals surface area contributed by atoms with Gasteiger partial charge in [-0.2, -0.15) is 8.78 Å². The Morgan fingerprint density at radius 3 is 2.60 bits per heavy atom. The van der Waals surface area contributed by atoms with E-state index in [0.717, 1.165) is 0 Å². The summed E-state index contributed by atoms with van der Waals surface area (Å²) in [5, 5.41) is 0.928. The molecule has 7 nitrogen and oxygen atoms in total. The third-order valence-corrected chi connectivity index (χ3v) is 5.87. The Hall–Kier alpha value is -3.14. The topological polar surface area (TPSA) is 98.7 Å². The number of hydrogen-bond acceptors (Lipinski definition) is 5. The van der Waals surface area contributed by atoms with Crippen molar-refractivity contribution in [3.63, 3.8) is 0 Å². The van der Waals surface area contributed by atoms with Crippen LogP contribution in [-0.2, 0) is 0 Å². The van der Waals surface area contributed by atoms with Crippen LogP contribution in [0.2, 0.25) is 10.0 Å². The highest BCUT2D eigenvalue weighted by molar-refractivity contribution is 6.36. The smallest absolute Gasteiger partial charge is 0.387 e. The van der Waals surface area contributed by atoms with Crippen LogP contribution in [0.1, 0.15) is 27.1 Å². The van der Waals surface area contributed by atoms with Crippen molar-refractivity contribution in [2.75, 3.05) is 17.3 Å². The van der Waals surface area contributed by atoms with Crippen molar-refractivity contribution < 1.29 is 27.5 Å². The maximum absolute atomic E-state index is 13.5. The third-order valence-electron chi connectivity index (χ3n) is 5.12. The number of primary amides is 1. The van der Waals surface area contributed by atoms with Crippen LogP contribution in [0.15, 0.2) is 47.0 Å². The number of pyridine rings is 1. The molecule has 0 unspecified atom stereocenters. The van der Waals surface area contributed by atoms with Gasteiger partial charge in [-0.05, 0) is 42.8 Å². The van der Waals surface area contributed by atoms with Gasteiger partial charge in [0.15, 0.2) is 17.2 Å². The molecule has 4 rings (SSSR count). The number of benzene rings is 2. The Morgan fingerprint density at radius 1 is 1.17 bits per heavy atom. The molecule has 2 N–H and O–H groups in total. The second kappa shape index (κ2) is 10.2. The number of carbonyl (C=O) groups excluding carboxylic acids is 2. The van der Waals surface area contributed by atoms with E-state index in [0.29, 0.717) is 16.8 Å². The van der Waals surface area contributed by atoms with E-state index in [1.54, 1.807) is 0 Å². The number of aromatic nitrogens is 1. The Morgan fingerprint density at radius 2 is 1.94 bits per heavy atom. The molecule has 35 heavy (non-hydrogen) atoms. The first kappa shape index (κ1) is 25.0. The van der Waals surface area contributed by atoms with Crippen molar-refractivity contribution in [3.05, 3.63) is 63.8 Å². The molecule has 12 heteroatoms. The van der Waals surface area contributed by atoms with Gasteiger partial charge in [-0.25, -0.2) is 4.98 Å². The number of nitrogens with two attached hydrogens (primary N) is 1. The molecule has 2 amide bonds. The van der Waals surface area contributed by atoms with Gasteiger partial charge in [-0.15, -0.1) is 11.6 Å². The SMILES string of the molecule is NC(=O)c1ccc(OC(F)F)c2oc3ccc(C(=O)N(CCCCl)c4ncc(Cl)cc4Cl)cc3c12. The summed E-state index contributed by atoms with van der Waals surface area (Å²) in [5.41, 5.74) is 5.85. The molecule has 4 aromatic rings. The number of amides is 2. The zero-order chi connectivity index (χ0) is 25.3. The summed E-state index contributed by atoms with van der Waals surface area (Å²) in [6, 6.07) is 8.34. The van der Waals surface area contributed by atoms with Gasteiger partial charge >= 0.3 is 6.61 Å². The summed E-state index contributed by atoms with van der Waals surface area (Å²) >= 11 is 18.1. The molecule has 2 heterocycles. The molecule has 0 aliphatic carbocycles. The number of halogens is 5. The number of hydrogen-bond donors (Lipinski definition) is 1. The third kappa shape index (κ3) is 4.98. The van der Waals surface area contributed by atoms with Crippen LogP contribution in [0, 0.1) is 0 Å². The summed E-state index contributed by atoms with van der Waals surface area (Å²) in [6.07, 6.45) is 1.81. The fourth-order valence-corrected chi connectivity index (χ4v) is 4.27. The highest BCUT2D eigenvalue weighted by Crippen LogP contribution is 2.38. The van der Waals surface area contributed by atoms with E-state index in [2.05, 4.69) is 9.72 Å². The molecule has 0 atom stereocenters. The summed E-state index contributed by atoms with van der Waals surface area (Å²) < 4.78 is 36.0. The van der Waals surface area contributed by atoms with Crippen LogP contribution in [0.4, 0.5) is 14.6 Å². The van der Waals surface area contributed by atoms with Gasteiger partial charge in [0.05, 0.1) is 15.6 Å². The number of nitrogens with zero attached hydrogens (tertiary/aromatic N) is 2. The molecule has 182 valence electrons. The van der Waals surface area contributed by atoms with Crippen molar-refractivity contribution in [1.82, 2.24) is 4.98 Å². The van der Waals surface area contributed by atoms with E-state index in [1.165, 1.54) is 47.5 Å². The molecular weight excluding hydrogens is 527 g/mol. The largest absolute Gasteiger partial charge is 0.452 e. The molecule has 0 aliphatic heterocycles. The van der Waals surface area contributed by atoms with Crippen molar-refractivity contribution in [2.24, 2.45) is 5.73 Å². The van der Waals surface area contributed by atoms with Crippen LogP contribution in [0.3, 0.4) is 0 Å². The summed E-state index contributed by atoms with van der Waals surface area (Å²) in [5.74, 6) is -1.07. The quantitative estimate of drug-likeness (QED) is 0.265. The fourth-order valence-electron chi connectivity index (χ4n) is 3.67. The maximum atomic E-state index is 13.5. The monoisotopic (exact) mass is 541 g/mol.